The summed E-state index contributed by atoms with van der Waals surface area (Å²) >= 11 is 0. The molecule has 1 aromatic carbocycles. The third-order valence-corrected chi connectivity index (χ3v) is 4.12. The van der Waals surface area contributed by atoms with Gasteiger partial charge in [-0.1, -0.05) is 6.07 Å². The summed E-state index contributed by atoms with van der Waals surface area (Å²) < 4.78 is 24.8. The number of aliphatic imine (C=N–C) groups is 1. The van der Waals surface area contributed by atoms with Crippen molar-refractivity contribution >= 4 is 21.7 Å². The second kappa shape index (κ2) is 2.96. The minimum Gasteiger partial charge on any atom is -0.369 e. The fraction of sp³-hybridized carbons (Fsp3) is 0.222. The van der Waals surface area contributed by atoms with Crippen LogP contribution in [0, 0.1) is 6.92 Å². The van der Waals surface area contributed by atoms with Crippen LogP contribution >= 0.6 is 0 Å². The highest BCUT2D eigenvalue weighted by molar-refractivity contribution is 7.89. The van der Waals surface area contributed by atoms with Gasteiger partial charge in [0, 0.05) is 7.05 Å². The number of guanidine groups is 1. The number of hydrogen-bond donors (Lipinski definition) is 1. The molecule has 15 heavy (non-hydrogen) atoms. The number of nitrogens with zero attached hydrogens (tertiary/aromatic N) is 2. The first-order chi connectivity index (χ1) is 6.93. The van der Waals surface area contributed by atoms with Gasteiger partial charge in [0.2, 0.25) is 5.96 Å². The summed E-state index contributed by atoms with van der Waals surface area (Å²) in [5.74, 6) is -0.00639. The van der Waals surface area contributed by atoms with Crippen molar-refractivity contribution in [2.75, 3.05) is 7.05 Å². The molecule has 1 aliphatic heterocycles. The molecule has 0 aromatic heterocycles. The Hall–Kier alpha value is -1.56. The molecular weight excluding hydrogens is 214 g/mol. The number of sulfonamides is 1. The van der Waals surface area contributed by atoms with E-state index in [4.69, 9.17) is 5.73 Å². The van der Waals surface area contributed by atoms with Gasteiger partial charge in [0.1, 0.15) is 4.90 Å². The first kappa shape index (κ1) is 9.97. The van der Waals surface area contributed by atoms with Crippen molar-refractivity contribution < 1.29 is 8.42 Å². The standard InChI is InChI=1S/C9H11N3O2S/c1-6-3-4-8-7(5-6)11-9(10)12(2)15(8,13)14/h3-5H,1-2H3,(H2,10,11). The Morgan fingerprint density at radius 1 is 1.40 bits per heavy atom. The lowest BCUT2D eigenvalue weighted by molar-refractivity contribution is 0.548. The van der Waals surface area contributed by atoms with E-state index in [1.54, 1.807) is 18.2 Å². The van der Waals surface area contributed by atoms with Gasteiger partial charge in [-0.15, -0.1) is 0 Å². The van der Waals surface area contributed by atoms with Gasteiger partial charge in [-0.05, 0) is 24.6 Å². The largest absolute Gasteiger partial charge is 0.369 e. The fourth-order valence-electron chi connectivity index (χ4n) is 1.40. The molecule has 0 unspecified atom stereocenters. The van der Waals surface area contributed by atoms with Gasteiger partial charge in [0.25, 0.3) is 10.0 Å². The molecular formula is C9H11N3O2S. The molecule has 0 fully saturated rings. The molecule has 2 N–H and O–H groups in total. The van der Waals surface area contributed by atoms with Crippen LogP contribution in [0.2, 0.25) is 0 Å². The van der Waals surface area contributed by atoms with Crippen LogP contribution in [0.4, 0.5) is 5.69 Å². The van der Waals surface area contributed by atoms with Crippen molar-refractivity contribution in [1.82, 2.24) is 4.31 Å². The summed E-state index contributed by atoms with van der Waals surface area (Å²) in [4.78, 5) is 4.22. The lowest BCUT2D eigenvalue weighted by Crippen LogP contribution is -2.40. The molecule has 0 bridgehead atoms. The minimum atomic E-state index is -3.51. The van der Waals surface area contributed by atoms with Crippen LogP contribution in [0.5, 0.6) is 0 Å². The number of fused-ring (bicyclic) bond motifs is 1. The third-order valence-electron chi connectivity index (χ3n) is 2.31. The molecule has 1 aliphatic rings. The quantitative estimate of drug-likeness (QED) is 0.701. The molecule has 5 nitrogen and oxygen atoms in total. The summed E-state index contributed by atoms with van der Waals surface area (Å²) in [6.45, 7) is 1.87. The average Bonchev–Trinajstić information content (AvgIpc) is 2.14. The van der Waals surface area contributed by atoms with Crippen molar-refractivity contribution in [3.8, 4) is 0 Å². The summed E-state index contributed by atoms with van der Waals surface area (Å²) in [5, 5.41) is 0. The Bertz CT molecular complexity index is 548. The monoisotopic (exact) mass is 225 g/mol. The maximum Gasteiger partial charge on any atom is 0.268 e. The highest BCUT2D eigenvalue weighted by Crippen LogP contribution is 2.31. The predicted octanol–water partition coefficient (Wildman–Crippen LogP) is 0.575. The van der Waals surface area contributed by atoms with Crippen molar-refractivity contribution in [2.24, 2.45) is 10.7 Å². The summed E-state index contributed by atoms with van der Waals surface area (Å²) in [7, 11) is -2.12. The first-order valence-corrected chi connectivity index (χ1v) is 5.80. The third kappa shape index (κ3) is 1.37. The molecule has 2 rings (SSSR count). The van der Waals surface area contributed by atoms with E-state index in [2.05, 4.69) is 4.99 Å². The predicted molar refractivity (Wildman–Crippen MR) is 57.4 cm³/mol. The topological polar surface area (TPSA) is 75.8 Å². The Morgan fingerprint density at radius 3 is 2.73 bits per heavy atom. The maximum atomic E-state index is 11.9. The summed E-state index contributed by atoms with van der Waals surface area (Å²) in [6, 6.07) is 4.99. The second-order valence-corrected chi connectivity index (χ2v) is 5.35. The number of hydrogen-bond acceptors (Lipinski definition) is 4. The van der Waals surface area contributed by atoms with E-state index >= 15 is 0 Å². The van der Waals surface area contributed by atoms with Gasteiger partial charge in [-0.3, -0.25) is 0 Å². The fourth-order valence-corrected chi connectivity index (χ4v) is 2.59. The van der Waals surface area contributed by atoms with Gasteiger partial charge in [-0.2, -0.15) is 0 Å². The van der Waals surface area contributed by atoms with Crippen molar-refractivity contribution in [2.45, 2.75) is 11.8 Å². The van der Waals surface area contributed by atoms with Gasteiger partial charge in [0.05, 0.1) is 5.69 Å². The van der Waals surface area contributed by atoms with Crippen LogP contribution in [-0.4, -0.2) is 25.7 Å². The van der Waals surface area contributed by atoms with E-state index < -0.39 is 10.0 Å². The second-order valence-electron chi connectivity index (χ2n) is 3.41. The van der Waals surface area contributed by atoms with E-state index in [-0.39, 0.29) is 10.9 Å². The Morgan fingerprint density at radius 2 is 2.07 bits per heavy atom. The smallest absolute Gasteiger partial charge is 0.268 e. The number of nitrogens with two attached hydrogens (primary N) is 1. The average molecular weight is 225 g/mol. The maximum absolute atomic E-state index is 11.9. The zero-order chi connectivity index (χ0) is 11.2. The van der Waals surface area contributed by atoms with Gasteiger partial charge >= 0.3 is 0 Å². The van der Waals surface area contributed by atoms with Crippen LogP contribution in [-0.2, 0) is 10.0 Å². The normalized spacial score (nSPS) is 18.3. The molecule has 1 heterocycles. The molecule has 0 amide bonds. The molecule has 0 radical (unpaired) electrons. The van der Waals surface area contributed by atoms with Crippen molar-refractivity contribution in [3.05, 3.63) is 23.8 Å². The van der Waals surface area contributed by atoms with E-state index in [9.17, 15) is 8.42 Å². The number of rotatable bonds is 0. The van der Waals surface area contributed by atoms with E-state index in [0.717, 1.165) is 9.87 Å². The zero-order valence-corrected chi connectivity index (χ0v) is 9.25. The number of benzene rings is 1. The van der Waals surface area contributed by atoms with E-state index in [0.29, 0.717) is 5.69 Å². The van der Waals surface area contributed by atoms with Crippen LogP contribution in [0.25, 0.3) is 0 Å². The SMILES string of the molecule is Cc1ccc2c(c1)N=C(N)N(C)S2(=O)=O. The highest BCUT2D eigenvalue weighted by Gasteiger charge is 2.29. The van der Waals surface area contributed by atoms with E-state index in [1.807, 2.05) is 6.92 Å². The summed E-state index contributed by atoms with van der Waals surface area (Å²) in [6.07, 6.45) is 0. The zero-order valence-electron chi connectivity index (χ0n) is 8.43. The van der Waals surface area contributed by atoms with Crippen LogP contribution < -0.4 is 5.73 Å². The lowest BCUT2D eigenvalue weighted by Gasteiger charge is -2.23. The van der Waals surface area contributed by atoms with Crippen molar-refractivity contribution in [1.29, 1.82) is 0 Å². The minimum absolute atomic E-state index is 0.00639. The number of aryl methyl sites for hydroxylation is 1. The summed E-state index contributed by atoms with van der Waals surface area (Å²) in [5.41, 5.74) is 6.87. The van der Waals surface area contributed by atoms with Crippen LogP contribution in [0.15, 0.2) is 28.1 Å². The van der Waals surface area contributed by atoms with Gasteiger partial charge in [0.15, 0.2) is 0 Å². The van der Waals surface area contributed by atoms with Crippen molar-refractivity contribution in [3.63, 3.8) is 0 Å². The van der Waals surface area contributed by atoms with Gasteiger partial charge < -0.3 is 5.73 Å². The molecule has 80 valence electrons. The lowest BCUT2D eigenvalue weighted by atomic mass is 10.2. The van der Waals surface area contributed by atoms with Crippen LogP contribution in [0.1, 0.15) is 5.56 Å². The molecule has 0 spiro atoms. The van der Waals surface area contributed by atoms with E-state index in [1.165, 1.54) is 7.05 Å². The van der Waals surface area contributed by atoms with Crippen LogP contribution in [0.3, 0.4) is 0 Å². The molecule has 1 aromatic rings. The molecule has 0 saturated carbocycles. The Labute approximate surface area is 88.3 Å². The Kier molecular flexibility index (Phi) is 1.97. The molecule has 0 saturated heterocycles. The van der Waals surface area contributed by atoms with Gasteiger partial charge in [-0.25, -0.2) is 17.7 Å². The Balaban J connectivity index is 2.78. The highest BCUT2D eigenvalue weighted by atomic mass is 32.2. The molecule has 6 heteroatoms. The molecule has 0 aliphatic carbocycles. The first-order valence-electron chi connectivity index (χ1n) is 4.36. The molecule has 0 atom stereocenters.